The summed E-state index contributed by atoms with van der Waals surface area (Å²) in [5, 5.41) is 0. The lowest BCUT2D eigenvalue weighted by atomic mass is 9.76. The van der Waals surface area contributed by atoms with Gasteiger partial charge in [-0.2, -0.15) is 8.75 Å². The van der Waals surface area contributed by atoms with Crippen molar-refractivity contribution in [3.05, 3.63) is 70.8 Å². The van der Waals surface area contributed by atoms with Crippen LogP contribution >= 0.6 is 11.7 Å². The quantitative estimate of drug-likeness (QED) is 0.273. The highest BCUT2D eigenvalue weighted by Gasteiger charge is 2.37. The topological polar surface area (TPSA) is 25.8 Å². The molecule has 3 aromatic carbocycles. The van der Waals surface area contributed by atoms with Crippen LogP contribution in [0.2, 0.25) is 0 Å². The molecule has 182 valence electrons. The summed E-state index contributed by atoms with van der Waals surface area (Å²) >= 11 is 1.33. The van der Waals surface area contributed by atoms with Crippen LogP contribution in [0.15, 0.2) is 48.5 Å². The minimum atomic E-state index is -0.0391. The molecule has 2 nitrogen and oxygen atoms in total. The largest absolute Gasteiger partial charge is 0.173 e. The SMILES string of the molecule is CCCC(C)(C)c1ccc2c(c1)C(C)(C)c1cc(-c3ccc(C(C)(C)CC)c4nsnc34)ccc1-2. The van der Waals surface area contributed by atoms with E-state index < -0.39 is 0 Å². The minimum absolute atomic E-state index is 0.0391. The van der Waals surface area contributed by atoms with E-state index in [0.717, 1.165) is 17.5 Å². The van der Waals surface area contributed by atoms with Gasteiger partial charge in [0.05, 0.1) is 11.7 Å². The van der Waals surface area contributed by atoms with Gasteiger partial charge in [0, 0.05) is 11.0 Å². The lowest BCUT2D eigenvalue weighted by Gasteiger charge is -2.28. The van der Waals surface area contributed by atoms with Crippen LogP contribution in [0.4, 0.5) is 0 Å². The zero-order chi connectivity index (χ0) is 25.2. The molecule has 35 heavy (non-hydrogen) atoms. The first-order valence-corrected chi connectivity index (χ1v) is 13.8. The molecule has 1 heterocycles. The second-order valence-electron chi connectivity index (χ2n) is 12.1. The fraction of sp³-hybridized carbons (Fsp3) is 0.438. The zero-order valence-corrected chi connectivity index (χ0v) is 23.4. The Morgan fingerprint density at radius 1 is 0.743 bits per heavy atom. The van der Waals surface area contributed by atoms with E-state index in [9.17, 15) is 0 Å². The Balaban J connectivity index is 1.62. The highest BCUT2D eigenvalue weighted by Crippen LogP contribution is 2.51. The van der Waals surface area contributed by atoms with Crippen LogP contribution in [-0.4, -0.2) is 8.75 Å². The van der Waals surface area contributed by atoms with Gasteiger partial charge in [0.25, 0.3) is 0 Å². The van der Waals surface area contributed by atoms with Crippen molar-refractivity contribution in [3.63, 3.8) is 0 Å². The van der Waals surface area contributed by atoms with E-state index >= 15 is 0 Å². The maximum atomic E-state index is 4.76. The molecular formula is C32H38N2S. The van der Waals surface area contributed by atoms with Gasteiger partial charge in [-0.25, -0.2) is 0 Å². The number of benzene rings is 3. The van der Waals surface area contributed by atoms with Gasteiger partial charge in [0.15, 0.2) is 0 Å². The van der Waals surface area contributed by atoms with Gasteiger partial charge in [-0.3, -0.25) is 0 Å². The van der Waals surface area contributed by atoms with Crippen molar-refractivity contribution in [2.24, 2.45) is 0 Å². The summed E-state index contributed by atoms with van der Waals surface area (Å²) in [6, 6.07) is 18.7. The average molecular weight is 483 g/mol. The molecule has 0 spiro atoms. The molecule has 0 atom stereocenters. The Bertz CT molecular complexity index is 1420. The number of fused-ring (bicyclic) bond motifs is 4. The van der Waals surface area contributed by atoms with Gasteiger partial charge in [0.1, 0.15) is 11.0 Å². The Labute approximate surface area is 215 Å². The molecule has 0 saturated carbocycles. The molecule has 0 fully saturated rings. The van der Waals surface area contributed by atoms with E-state index in [2.05, 4.69) is 104 Å². The summed E-state index contributed by atoms with van der Waals surface area (Å²) in [4.78, 5) is 0. The third kappa shape index (κ3) is 3.74. The van der Waals surface area contributed by atoms with Crippen molar-refractivity contribution in [1.29, 1.82) is 0 Å². The molecule has 0 N–H and O–H groups in total. The molecular weight excluding hydrogens is 444 g/mol. The monoisotopic (exact) mass is 482 g/mol. The Kier molecular flexibility index (Phi) is 5.71. The third-order valence-electron chi connectivity index (χ3n) is 8.67. The molecule has 1 aliphatic carbocycles. The first-order chi connectivity index (χ1) is 16.5. The lowest BCUT2D eigenvalue weighted by Crippen LogP contribution is -2.20. The molecule has 0 aliphatic heterocycles. The molecule has 3 heteroatoms. The molecule has 4 aromatic rings. The first kappa shape index (κ1) is 24.2. The first-order valence-electron chi connectivity index (χ1n) is 13.1. The summed E-state index contributed by atoms with van der Waals surface area (Å²) in [5.41, 5.74) is 13.1. The molecule has 0 unspecified atom stereocenters. The van der Waals surface area contributed by atoms with Crippen LogP contribution in [-0.2, 0) is 16.2 Å². The average Bonchev–Trinajstić information content (AvgIpc) is 3.40. The smallest absolute Gasteiger partial charge is 0.112 e. The number of nitrogens with zero attached hydrogens (tertiary/aromatic N) is 2. The van der Waals surface area contributed by atoms with E-state index in [4.69, 9.17) is 8.75 Å². The number of hydrogen-bond donors (Lipinski definition) is 0. The second-order valence-corrected chi connectivity index (χ2v) is 12.7. The van der Waals surface area contributed by atoms with Crippen LogP contribution < -0.4 is 0 Å². The molecule has 1 aromatic heterocycles. The van der Waals surface area contributed by atoms with Crippen molar-refractivity contribution in [1.82, 2.24) is 8.75 Å². The summed E-state index contributed by atoms with van der Waals surface area (Å²) in [5.74, 6) is 0. The van der Waals surface area contributed by atoms with Crippen LogP contribution in [0.3, 0.4) is 0 Å². The van der Waals surface area contributed by atoms with Crippen LogP contribution in [0, 0.1) is 0 Å². The van der Waals surface area contributed by atoms with Gasteiger partial charge in [-0.1, -0.05) is 104 Å². The van der Waals surface area contributed by atoms with Gasteiger partial charge in [0.2, 0.25) is 0 Å². The van der Waals surface area contributed by atoms with Crippen LogP contribution in [0.1, 0.15) is 96.9 Å². The molecule has 0 radical (unpaired) electrons. The summed E-state index contributed by atoms with van der Waals surface area (Å²) < 4.78 is 9.49. The highest BCUT2D eigenvalue weighted by atomic mass is 32.1. The maximum absolute atomic E-state index is 4.76. The molecule has 0 saturated heterocycles. The highest BCUT2D eigenvalue weighted by molar-refractivity contribution is 7.00. The standard InChI is InChI=1S/C32H38N2S/c1-9-17-31(5,6)21-12-14-24-23-13-11-20(18-26(23)32(7,8)27(24)19-21)22-15-16-25(30(3,4)10-2)29-28(22)33-35-34-29/h11-16,18-19H,9-10,17H2,1-8H3. The Morgan fingerprint density at radius 3 is 2.06 bits per heavy atom. The van der Waals surface area contributed by atoms with Crippen molar-refractivity contribution in [2.45, 2.75) is 90.9 Å². The van der Waals surface area contributed by atoms with Crippen molar-refractivity contribution >= 4 is 22.8 Å². The normalized spacial score (nSPS) is 14.9. The lowest BCUT2D eigenvalue weighted by molar-refractivity contribution is 0.472. The Morgan fingerprint density at radius 2 is 1.37 bits per heavy atom. The van der Waals surface area contributed by atoms with Crippen molar-refractivity contribution in [3.8, 4) is 22.3 Å². The molecule has 5 rings (SSSR count). The number of aromatic nitrogens is 2. The van der Waals surface area contributed by atoms with E-state index in [0.29, 0.717) is 0 Å². The van der Waals surface area contributed by atoms with Crippen LogP contribution in [0.25, 0.3) is 33.3 Å². The van der Waals surface area contributed by atoms with Gasteiger partial charge < -0.3 is 0 Å². The van der Waals surface area contributed by atoms with E-state index in [1.807, 2.05) is 0 Å². The fourth-order valence-corrected chi connectivity index (χ4v) is 6.51. The maximum Gasteiger partial charge on any atom is 0.112 e. The summed E-state index contributed by atoms with van der Waals surface area (Å²) in [6.07, 6.45) is 3.47. The van der Waals surface area contributed by atoms with E-state index in [1.165, 1.54) is 69.1 Å². The number of hydrogen-bond acceptors (Lipinski definition) is 3. The van der Waals surface area contributed by atoms with Gasteiger partial charge >= 0.3 is 0 Å². The van der Waals surface area contributed by atoms with E-state index in [-0.39, 0.29) is 16.2 Å². The molecule has 0 amide bonds. The predicted octanol–water partition coefficient (Wildman–Crippen LogP) is 9.43. The summed E-state index contributed by atoms with van der Waals surface area (Å²) in [7, 11) is 0. The predicted molar refractivity (Wildman–Crippen MR) is 152 cm³/mol. The van der Waals surface area contributed by atoms with Crippen molar-refractivity contribution < 1.29 is 0 Å². The van der Waals surface area contributed by atoms with Gasteiger partial charge in [-0.05, 0) is 68.7 Å². The summed E-state index contributed by atoms with van der Waals surface area (Å²) in [6.45, 7) is 18.6. The van der Waals surface area contributed by atoms with Gasteiger partial charge in [-0.15, -0.1) is 0 Å². The fourth-order valence-electron chi connectivity index (χ4n) is 5.93. The molecule has 0 bridgehead atoms. The minimum Gasteiger partial charge on any atom is -0.173 e. The van der Waals surface area contributed by atoms with Crippen molar-refractivity contribution in [2.75, 3.05) is 0 Å². The zero-order valence-electron chi connectivity index (χ0n) is 22.5. The number of rotatable bonds is 6. The second kappa shape index (κ2) is 8.27. The van der Waals surface area contributed by atoms with Crippen LogP contribution in [0.5, 0.6) is 0 Å². The Hall–Kier alpha value is -2.52. The molecule has 1 aliphatic rings. The third-order valence-corrected chi connectivity index (χ3v) is 9.20. The van der Waals surface area contributed by atoms with E-state index in [1.54, 1.807) is 0 Å².